The predicted molar refractivity (Wildman–Crippen MR) is 122 cm³/mol. The van der Waals surface area contributed by atoms with E-state index in [0.29, 0.717) is 34.5 Å². The van der Waals surface area contributed by atoms with Crippen LogP contribution in [-0.2, 0) is 17.8 Å². The third-order valence-electron chi connectivity index (χ3n) is 4.95. The number of anilines is 1. The fourth-order valence-electron chi connectivity index (χ4n) is 3.32. The van der Waals surface area contributed by atoms with Crippen molar-refractivity contribution in [3.05, 3.63) is 75.2 Å². The highest BCUT2D eigenvalue weighted by molar-refractivity contribution is 7.15. The van der Waals surface area contributed by atoms with Gasteiger partial charge in [0.1, 0.15) is 0 Å². The van der Waals surface area contributed by atoms with E-state index < -0.39 is 0 Å². The lowest BCUT2D eigenvalue weighted by Crippen LogP contribution is -2.29. The zero-order valence-electron chi connectivity index (χ0n) is 17.5. The second-order valence-corrected chi connectivity index (χ2v) is 8.52. The summed E-state index contributed by atoms with van der Waals surface area (Å²) in [5, 5.41) is 7.71. The molecular formula is C22H22N6O2S. The second-order valence-electron chi connectivity index (χ2n) is 7.28. The van der Waals surface area contributed by atoms with E-state index in [1.165, 1.54) is 15.9 Å². The maximum Gasteiger partial charge on any atom is 0.279 e. The molecule has 1 N–H and O–H groups in total. The van der Waals surface area contributed by atoms with E-state index in [4.69, 9.17) is 0 Å². The molecule has 4 rings (SSSR count). The molecule has 158 valence electrons. The van der Waals surface area contributed by atoms with E-state index in [1.54, 1.807) is 19.2 Å². The van der Waals surface area contributed by atoms with Crippen molar-refractivity contribution >= 4 is 28.2 Å². The van der Waals surface area contributed by atoms with Gasteiger partial charge >= 0.3 is 0 Å². The van der Waals surface area contributed by atoms with Crippen LogP contribution in [0.15, 0.2) is 47.9 Å². The Morgan fingerprint density at radius 2 is 1.97 bits per heavy atom. The van der Waals surface area contributed by atoms with Crippen molar-refractivity contribution in [2.24, 2.45) is 0 Å². The second kappa shape index (κ2) is 8.27. The summed E-state index contributed by atoms with van der Waals surface area (Å²) in [5.41, 5.74) is 2.60. The molecule has 0 radical (unpaired) electrons. The summed E-state index contributed by atoms with van der Waals surface area (Å²) in [4.78, 5) is 35.6. The van der Waals surface area contributed by atoms with Crippen LogP contribution >= 0.6 is 11.3 Å². The van der Waals surface area contributed by atoms with E-state index in [-0.39, 0.29) is 17.9 Å². The topological polar surface area (TPSA) is 94.2 Å². The number of aryl methyl sites for hydroxylation is 2. The van der Waals surface area contributed by atoms with Crippen LogP contribution in [0.1, 0.15) is 21.7 Å². The predicted octanol–water partition coefficient (Wildman–Crippen LogP) is 3.31. The highest BCUT2D eigenvalue weighted by Gasteiger charge is 2.20. The average Bonchev–Trinajstić information content (AvgIpc) is 3.35. The van der Waals surface area contributed by atoms with Gasteiger partial charge in [-0.1, -0.05) is 35.9 Å². The molecule has 8 nitrogen and oxygen atoms in total. The number of hydrogen-bond donors (Lipinski definition) is 1. The summed E-state index contributed by atoms with van der Waals surface area (Å²) in [5.74, 6) is 0.560. The summed E-state index contributed by atoms with van der Waals surface area (Å²) in [6.07, 6.45) is 3.33. The highest BCUT2D eigenvalue weighted by atomic mass is 32.1. The Balaban J connectivity index is 1.78. The highest BCUT2D eigenvalue weighted by Crippen LogP contribution is 2.19. The van der Waals surface area contributed by atoms with Gasteiger partial charge in [0.25, 0.3) is 5.56 Å². The van der Waals surface area contributed by atoms with E-state index in [9.17, 15) is 9.59 Å². The minimum Gasteiger partial charge on any atom is -0.310 e. The molecule has 9 heteroatoms. The van der Waals surface area contributed by atoms with Crippen molar-refractivity contribution in [2.75, 3.05) is 5.32 Å². The number of thiazole rings is 1. The van der Waals surface area contributed by atoms with Crippen LogP contribution in [0, 0.1) is 20.8 Å². The molecule has 3 aromatic heterocycles. The Bertz CT molecular complexity index is 1350. The van der Waals surface area contributed by atoms with Gasteiger partial charge in [0, 0.05) is 34.4 Å². The Labute approximate surface area is 182 Å². The molecule has 4 aromatic rings. The lowest BCUT2D eigenvalue weighted by atomic mass is 10.1. The number of fused-ring (bicyclic) bond motifs is 1. The zero-order valence-corrected chi connectivity index (χ0v) is 18.4. The van der Waals surface area contributed by atoms with Crippen molar-refractivity contribution in [2.45, 2.75) is 33.7 Å². The number of allylic oxidation sites excluding steroid dienone is 1. The van der Waals surface area contributed by atoms with Crippen LogP contribution in [0.5, 0.6) is 0 Å². The van der Waals surface area contributed by atoms with Gasteiger partial charge in [-0.3, -0.25) is 9.59 Å². The Kier molecular flexibility index (Phi) is 5.51. The minimum absolute atomic E-state index is 0.0872. The fourth-order valence-corrected chi connectivity index (χ4v) is 4.00. The summed E-state index contributed by atoms with van der Waals surface area (Å²) in [7, 11) is 0. The molecule has 0 aliphatic heterocycles. The van der Waals surface area contributed by atoms with Crippen LogP contribution in [0.4, 0.5) is 5.13 Å². The molecule has 1 amide bonds. The minimum atomic E-state index is -0.357. The average molecular weight is 435 g/mol. The molecule has 0 aliphatic rings. The molecule has 31 heavy (non-hydrogen) atoms. The van der Waals surface area contributed by atoms with E-state index >= 15 is 0 Å². The third-order valence-corrected chi connectivity index (χ3v) is 5.78. The number of benzene rings is 1. The lowest BCUT2D eigenvalue weighted by molar-refractivity contribution is -0.115. The molecule has 0 bridgehead atoms. The molecule has 0 aliphatic carbocycles. The first-order chi connectivity index (χ1) is 14.9. The van der Waals surface area contributed by atoms with Crippen molar-refractivity contribution < 1.29 is 4.79 Å². The number of nitrogens with zero attached hydrogens (tertiary/aromatic N) is 5. The first-order valence-corrected chi connectivity index (χ1v) is 10.6. The van der Waals surface area contributed by atoms with Gasteiger partial charge in [-0.05, 0) is 20.8 Å². The standard InChI is InChI=1S/C22H22N6O2S/c1-5-10-27-15(4)17(11-18(29)24-21-23-12-14(3)31-21)20(30)28-22(27)25-19(26-28)16-8-6-13(2)7-9-16/h5-9,12H,1,10-11H2,2-4H3,(H,23,24,29). The summed E-state index contributed by atoms with van der Waals surface area (Å²) in [6, 6.07) is 7.78. The maximum absolute atomic E-state index is 13.2. The van der Waals surface area contributed by atoms with Gasteiger partial charge in [0.05, 0.1) is 6.42 Å². The van der Waals surface area contributed by atoms with Crippen LogP contribution < -0.4 is 10.9 Å². The molecule has 0 saturated heterocycles. The quantitative estimate of drug-likeness (QED) is 0.470. The SMILES string of the molecule is C=CCn1c(C)c(CC(=O)Nc2ncc(C)s2)c(=O)n2nc(-c3ccc(C)cc3)nc12. The molecular weight excluding hydrogens is 412 g/mol. The number of aromatic nitrogens is 5. The van der Waals surface area contributed by atoms with E-state index in [0.717, 1.165) is 16.0 Å². The molecule has 0 saturated carbocycles. The van der Waals surface area contributed by atoms with Crippen molar-refractivity contribution in [1.82, 2.24) is 24.1 Å². The molecule has 3 heterocycles. The maximum atomic E-state index is 13.2. The molecule has 0 spiro atoms. The summed E-state index contributed by atoms with van der Waals surface area (Å²) < 4.78 is 3.11. The van der Waals surface area contributed by atoms with Gasteiger partial charge in [-0.2, -0.15) is 9.50 Å². The largest absolute Gasteiger partial charge is 0.310 e. The van der Waals surface area contributed by atoms with Crippen molar-refractivity contribution in [1.29, 1.82) is 0 Å². The van der Waals surface area contributed by atoms with Crippen LogP contribution in [0.25, 0.3) is 17.2 Å². The number of rotatable bonds is 6. The number of nitrogens with one attached hydrogen (secondary N) is 1. The molecule has 0 unspecified atom stereocenters. The van der Waals surface area contributed by atoms with Crippen molar-refractivity contribution in [3.63, 3.8) is 0 Å². The van der Waals surface area contributed by atoms with Crippen LogP contribution in [0.3, 0.4) is 0 Å². The third kappa shape index (κ3) is 4.04. The number of carbonyl (C=O) groups is 1. The monoisotopic (exact) mass is 434 g/mol. The first kappa shape index (κ1) is 20.7. The number of carbonyl (C=O) groups excluding carboxylic acids is 1. The summed E-state index contributed by atoms with van der Waals surface area (Å²) in [6.45, 7) is 9.96. The smallest absolute Gasteiger partial charge is 0.279 e. The number of amides is 1. The summed E-state index contributed by atoms with van der Waals surface area (Å²) >= 11 is 1.38. The molecule has 0 fully saturated rings. The molecule has 1 aromatic carbocycles. The van der Waals surface area contributed by atoms with Crippen LogP contribution in [-0.4, -0.2) is 30.1 Å². The Hall–Kier alpha value is -3.59. The normalized spacial score (nSPS) is 11.1. The van der Waals surface area contributed by atoms with Crippen LogP contribution in [0.2, 0.25) is 0 Å². The number of hydrogen-bond acceptors (Lipinski definition) is 6. The fraction of sp³-hybridized carbons (Fsp3) is 0.227. The Morgan fingerprint density at radius 3 is 2.61 bits per heavy atom. The lowest BCUT2D eigenvalue weighted by Gasteiger charge is -2.13. The van der Waals surface area contributed by atoms with E-state index in [2.05, 4.69) is 27.0 Å². The molecule has 0 atom stereocenters. The zero-order chi connectivity index (χ0) is 22.1. The Morgan fingerprint density at radius 1 is 1.23 bits per heavy atom. The van der Waals surface area contributed by atoms with Gasteiger partial charge in [0.15, 0.2) is 11.0 Å². The van der Waals surface area contributed by atoms with Gasteiger partial charge in [-0.25, -0.2) is 4.98 Å². The van der Waals surface area contributed by atoms with Gasteiger partial charge in [-0.15, -0.1) is 23.0 Å². The van der Waals surface area contributed by atoms with Gasteiger partial charge < -0.3 is 9.88 Å². The first-order valence-electron chi connectivity index (χ1n) is 9.76. The van der Waals surface area contributed by atoms with E-state index in [1.807, 2.05) is 42.7 Å². The van der Waals surface area contributed by atoms with Gasteiger partial charge in [0.2, 0.25) is 11.7 Å². The van der Waals surface area contributed by atoms with Crippen molar-refractivity contribution in [3.8, 4) is 11.4 Å².